The smallest absolute Gasteiger partial charge is 0.291 e. The fourth-order valence-electron chi connectivity index (χ4n) is 2.39. The first-order valence-electron chi connectivity index (χ1n) is 7.30. The molecule has 1 unspecified atom stereocenters. The number of amides is 1. The van der Waals surface area contributed by atoms with Gasteiger partial charge in [0.25, 0.3) is 5.91 Å². The van der Waals surface area contributed by atoms with E-state index in [2.05, 4.69) is 32.3 Å². The molecule has 1 saturated carbocycles. The van der Waals surface area contributed by atoms with Gasteiger partial charge >= 0.3 is 0 Å². The number of carbonyl (C=O) groups excluding carboxylic acids is 1. The highest BCUT2D eigenvalue weighted by Gasteiger charge is 2.28. The molecule has 7 heteroatoms. The molecule has 7 nitrogen and oxygen atoms in total. The molecule has 1 aliphatic carbocycles. The molecule has 1 saturated heterocycles. The van der Waals surface area contributed by atoms with Crippen LogP contribution in [0.25, 0.3) is 0 Å². The van der Waals surface area contributed by atoms with Crippen LogP contribution in [0.4, 0.5) is 0 Å². The summed E-state index contributed by atoms with van der Waals surface area (Å²) in [5.41, 5.74) is 0. The Balaban J connectivity index is 1.48. The maximum atomic E-state index is 12.0. The summed E-state index contributed by atoms with van der Waals surface area (Å²) in [6.45, 7) is 6.20. The summed E-state index contributed by atoms with van der Waals surface area (Å²) in [5.74, 6) is 1.31. The number of morpholine rings is 1. The molecule has 1 atom stereocenters. The van der Waals surface area contributed by atoms with Gasteiger partial charge < -0.3 is 10.1 Å². The van der Waals surface area contributed by atoms with Crippen molar-refractivity contribution in [2.45, 2.75) is 31.8 Å². The Hall–Kier alpha value is -1.47. The summed E-state index contributed by atoms with van der Waals surface area (Å²) >= 11 is 0. The van der Waals surface area contributed by atoms with E-state index in [1.54, 1.807) is 0 Å². The lowest BCUT2D eigenvalue weighted by Crippen LogP contribution is -2.47. The van der Waals surface area contributed by atoms with Crippen LogP contribution in [0.2, 0.25) is 0 Å². The van der Waals surface area contributed by atoms with Gasteiger partial charge in [0, 0.05) is 25.6 Å². The predicted octanol–water partition coefficient (Wildman–Crippen LogP) is 0.133. The molecular formula is C13H21N5O2. The Morgan fingerprint density at radius 1 is 1.55 bits per heavy atom. The number of H-pyrrole nitrogens is 1. The topological polar surface area (TPSA) is 83.1 Å². The van der Waals surface area contributed by atoms with Crippen LogP contribution in [0.1, 0.15) is 42.1 Å². The van der Waals surface area contributed by atoms with Crippen LogP contribution in [-0.4, -0.2) is 64.9 Å². The largest absolute Gasteiger partial charge is 0.374 e. The van der Waals surface area contributed by atoms with Gasteiger partial charge in [-0.3, -0.25) is 14.8 Å². The quantitative estimate of drug-likeness (QED) is 0.800. The number of hydrogen-bond acceptors (Lipinski definition) is 5. The van der Waals surface area contributed by atoms with Crippen LogP contribution in [0.15, 0.2) is 0 Å². The number of aromatic amines is 1. The van der Waals surface area contributed by atoms with E-state index in [1.807, 2.05) is 0 Å². The Morgan fingerprint density at radius 3 is 3.15 bits per heavy atom. The number of likely N-dealkylation sites (N-methyl/N-ethyl adjacent to an activating group) is 1. The molecule has 2 fully saturated rings. The average molecular weight is 279 g/mol. The van der Waals surface area contributed by atoms with Gasteiger partial charge in [-0.1, -0.05) is 6.92 Å². The van der Waals surface area contributed by atoms with Gasteiger partial charge in [0.1, 0.15) is 5.82 Å². The van der Waals surface area contributed by atoms with E-state index in [0.717, 1.165) is 44.9 Å². The van der Waals surface area contributed by atoms with Crippen LogP contribution in [0.5, 0.6) is 0 Å². The normalized spacial score (nSPS) is 23.8. The highest BCUT2D eigenvalue weighted by atomic mass is 16.5. The van der Waals surface area contributed by atoms with Gasteiger partial charge in [-0.15, -0.1) is 5.10 Å². The molecule has 1 aromatic heterocycles. The van der Waals surface area contributed by atoms with E-state index in [1.165, 1.54) is 0 Å². The Morgan fingerprint density at radius 2 is 2.40 bits per heavy atom. The molecule has 0 radical (unpaired) electrons. The Labute approximate surface area is 118 Å². The van der Waals surface area contributed by atoms with E-state index in [0.29, 0.717) is 12.5 Å². The van der Waals surface area contributed by atoms with Crippen molar-refractivity contribution in [3.63, 3.8) is 0 Å². The summed E-state index contributed by atoms with van der Waals surface area (Å²) in [6.07, 6.45) is 2.33. The van der Waals surface area contributed by atoms with E-state index in [-0.39, 0.29) is 17.8 Å². The number of ether oxygens (including phenoxy) is 1. The lowest BCUT2D eigenvalue weighted by molar-refractivity contribution is -0.0246. The number of carbonyl (C=O) groups is 1. The molecule has 0 aromatic carbocycles. The van der Waals surface area contributed by atoms with Gasteiger partial charge in [0.2, 0.25) is 5.82 Å². The van der Waals surface area contributed by atoms with Gasteiger partial charge in [-0.2, -0.15) is 0 Å². The number of nitrogens with zero attached hydrogens (tertiary/aromatic N) is 3. The van der Waals surface area contributed by atoms with Crippen LogP contribution in [-0.2, 0) is 4.74 Å². The van der Waals surface area contributed by atoms with Crippen molar-refractivity contribution in [3.8, 4) is 0 Å². The number of hydrogen-bond donors (Lipinski definition) is 2. The SMILES string of the molecule is CCN1CCOC(CNC(=O)c2n[nH]c(C3CC3)n2)C1. The molecule has 20 heavy (non-hydrogen) atoms. The second-order valence-electron chi connectivity index (χ2n) is 5.41. The van der Waals surface area contributed by atoms with Crippen molar-refractivity contribution in [2.24, 2.45) is 0 Å². The molecular weight excluding hydrogens is 258 g/mol. The zero-order valence-corrected chi connectivity index (χ0v) is 11.8. The maximum Gasteiger partial charge on any atom is 0.291 e. The van der Waals surface area contributed by atoms with Gasteiger partial charge in [-0.05, 0) is 19.4 Å². The fraction of sp³-hybridized carbons (Fsp3) is 0.769. The van der Waals surface area contributed by atoms with E-state index in [9.17, 15) is 4.79 Å². The molecule has 110 valence electrons. The lowest BCUT2D eigenvalue weighted by Gasteiger charge is -2.31. The summed E-state index contributed by atoms with van der Waals surface area (Å²) < 4.78 is 5.64. The van der Waals surface area contributed by atoms with E-state index < -0.39 is 0 Å². The van der Waals surface area contributed by atoms with Crippen molar-refractivity contribution < 1.29 is 9.53 Å². The van der Waals surface area contributed by atoms with Crippen LogP contribution in [0, 0.1) is 0 Å². The lowest BCUT2D eigenvalue weighted by atomic mass is 10.2. The third kappa shape index (κ3) is 3.16. The third-order valence-corrected chi connectivity index (χ3v) is 3.83. The predicted molar refractivity (Wildman–Crippen MR) is 72.5 cm³/mol. The molecule has 0 bridgehead atoms. The standard InChI is InChI=1S/C13H21N5O2/c1-2-18-5-6-20-10(8-18)7-14-13(19)12-15-11(16-17-12)9-3-4-9/h9-10H,2-8H2,1H3,(H,14,19)(H,15,16,17). The first-order chi connectivity index (χ1) is 9.76. The number of aromatic nitrogens is 3. The molecule has 2 aliphatic rings. The summed E-state index contributed by atoms with van der Waals surface area (Å²) in [5, 5.41) is 9.66. The van der Waals surface area contributed by atoms with Crippen molar-refractivity contribution in [2.75, 3.05) is 32.8 Å². The zero-order chi connectivity index (χ0) is 13.9. The van der Waals surface area contributed by atoms with E-state index >= 15 is 0 Å². The second-order valence-corrected chi connectivity index (χ2v) is 5.41. The zero-order valence-electron chi connectivity index (χ0n) is 11.8. The van der Waals surface area contributed by atoms with Crippen molar-refractivity contribution in [3.05, 3.63) is 11.6 Å². The highest BCUT2D eigenvalue weighted by Crippen LogP contribution is 2.37. The summed E-state index contributed by atoms with van der Waals surface area (Å²) in [6, 6.07) is 0. The first-order valence-corrected chi connectivity index (χ1v) is 7.30. The minimum Gasteiger partial charge on any atom is -0.374 e. The second kappa shape index (κ2) is 5.88. The molecule has 3 rings (SSSR count). The molecule has 2 heterocycles. The fourth-order valence-corrected chi connectivity index (χ4v) is 2.39. The average Bonchev–Trinajstić information content (AvgIpc) is 3.22. The molecule has 1 amide bonds. The number of nitrogens with one attached hydrogen (secondary N) is 2. The first kappa shape index (κ1) is 13.5. The maximum absolute atomic E-state index is 12.0. The molecule has 0 spiro atoms. The van der Waals surface area contributed by atoms with Gasteiger partial charge in [0.05, 0.1) is 12.7 Å². The van der Waals surface area contributed by atoms with Crippen molar-refractivity contribution >= 4 is 5.91 Å². The summed E-state index contributed by atoms with van der Waals surface area (Å²) in [7, 11) is 0. The Bertz CT molecular complexity index is 471. The highest BCUT2D eigenvalue weighted by molar-refractivity contribution is 5.90. The van der Waals surface area contributed by atoms with Gasteiger partial charge in [-0.25, -0.2) is 4.98 Å². The molecule has 2 N–H and O–H groups in total. The summed E-state index contributed by atoms with van der Waals surface area (Å²) in [4.78, 5) is 18.5. The van der Waals surface area contributed by atoms with Crippen molar-refractivity contribution in [1.29, 1.82) is 0 Å². The minimum absolute atomic E-state index is 0.0505. The number of rotatable bonds is 5. The van der Waals surface area contributed by atoms with Crippen LogP contribution in [0.3, 0.4) is 0 Å². The third-order valence-electron chi connectivity index (χ3n) is 3.83. The van der Waals surface area contributed by atoms with Crippen LogP contribution < -0.4 is 5.32 Å². The molecule has 1 aliphatic heterocycles. The monoisotopic (exact) mass is 279 g/mol. The Kier molecular flexibility index (Phi) is 3.98. The minimum atomic E-state index is -0.231. The van der Waals surface area contributed by atoms with Crippen molar-refractivity contribution in [1.82, 2.24) is 25.4 Å². The van der Waals surface area contributed by atoms with Crippen LogP contribution >= 0.6 is 0 Å². The van der Waals surface area contributed by atoms with E-state index in [4.69, 9.17) is 4.74 Å². The molecule has 1 aromatic rings. The van der Waals surface area contributed by atoms with Gasteiger partial charge in [0.15, 0.2) is 0 Å².